The lowest BCUT2D eigenvalue weighted by Gasteiger charge is -2.21. The third-order valence-electron chi connectivity index (χ3n) is 2.84. The maximum Gasteiger partial charge on any atom is 0.493 e. The first-order valence-electron chi connectivity index (χ1n) is 7.48. The molecule has 0 bridgehead atoms. The second kappa shape index (κ2) is 10.2. The van der Waals surface area contributed by atoms with Crippen LogP contribution < -0.4 is 11.1 Å². The van der Waals surface area contributed by atoms with Crippen molar-refractivity contribution < 1.29 is 37.1 Å². The SMILES string of the molecule is NCCNC(=O)CCN(OC(=O)C(F)(F)F)C(=O)OCc1ccccc1. The molecule has 0 unspecified atom stereocenters. The van der Waals surface area contributed by atoms with Crippen molar-refractivity contribution >= 4 is 18.0 Å². The van der Waals surface area contributed by atoms with Crippen LogP contribution in [0.5, 0.6) is 0 Å². The van der Waals surface area contributed by atoms with E-state index in [0.29, 0.717) is 5.56 Å². The molecule has 1 aromatic carbocycles. The van der Waals surface area contributed by atoms with Crippen LogP contribution in [0.25, 0.3) is 0 Å². The Bertz CT molecular complexity index is 610. The summed E-state index contributed by atoms with van der Waals surface area (Å²) < 4.78 is 41.8. The van der Waals surface area contributed by atoms with Crippen LogP contribution in [0.3, 0.4) is 0 Å². The summed E-state index contributed by atoms with van der Waals surface area (Å²) in [6, 6.07) is 8.32. The van der Waals surface area contributed by atoms with Gasteiger partial charge in [0, 0.05) is 19.5 Å². The van der Waals surface area contributed by atoms with Crippen molar-refractivity contribution in [2.75, 3.05) is 19.6 Å². The molecule has 1 rings (SSSR count). The van der Waals surface area contributed by atoms with E-state index in [-0.39, 0.29) is 24.8 Å². The van der Waals surface area contributed by atoms with Gasteiger partial charge in [-0.25, -0.2) is 9.59 Å². The smallest absolute Gasteiger partial charge is 0.442 e. The van der Waals surface area contributed by atoms with Crippen LogP contribution in [0.4, 0.5) is 18.0 Å². The number of amides is 2. The number of carbonyl (C=O) groups excluding carboxylic acids is 3. The summed E-state index contributed by atoms with van der Waals surface area (Å²) in [5.74, 6) is -3.18. The molecule has 0 heterocycles. The number of halogens is 3. The molecule has 0 saturated carbocycles. The van der Waals surface area contributed by atoms with Crippen LogP contribution >= 0.6 is 0 Å². The van der Waals surface area contributed by atoms with E-state index < -0.39 is 37.1 Å². The molecule has 0 aliphatic rings. The standard InChI is InChI=1S/C15H18F3N3O5/c16-15(17,18)13(23)26-21(9-6-12(22)20-8-7-19)14(24)25-10-11-4-2-1-3-5-11/h1-5H,6-10,19H2,(H,20,22). The topological polar surface area (TPSA) is 111 Å². The number of nitrogens with zero attached hydrogens (tertiary/aromatic N) is 1. The van der Waals surface area contributed by atoms with Crippen molar-refractivity contribution in [3.05, 3.63) is 35.9 Å². The Balaban J connectivity index is 2.67. The Hall–Kier alpha value is -2.82. The predicted molar refractivity (Wildman–Crippen MR) is 82.2 cm³/mol. The van der Waals surface area contributed by atoms with Crippen molar-refractivity contribution in [2.24, 2.45) is 5.73 Å². The van der Waals surface area contributed by atoms with Crippen LogP contribution in [0, 0.1) is 0 Å². The first kappa shape index (κ1) is 21.2. The van der Waals surface area contributed by atoms with Gasteiger partial charge in [0.2, 0.25) is 5.91 Å². The fraction of sp³-hybridized carbons (Fsp3) is 0.400. The van der Waals surface area contributed by atoms with E-state index in [1.54, 1.807) is 30.3 Å². The number of hydrogen-bond acceptors (Lipinski definition) is 6. The van der Waals surface area contributed by atoms with Gasteiger partial charge in [0.05, 0.1) is 6.54 Å². The third kappa shape index (κ3) is 7.83. The van der Waals surface area contributed by atoms with E-state index in [1.165, 1.54) is 0 Å². The van der Waals surface area contributed by atoms with Crippen molar-refractivity contribution in [3.8, 4) is 0 Å². The second-order valence-electron chi connectivity index (χ2n) is 4.91. The molecule has 0 atom stereocenters. The molecular weight excluding hydrogens is 359 g/mol. The van der Waals surface area contributed by atoms with Crippen molar-refractivity contribution in [1.82, 2.24) is 10.4 Å². The zero-order chi connectivity index (χ0) is 19.6. The van der Waals surface area contributed by atoms with Gasteiger partial charge in [-0.1, -0.05) is 30.3 Å². The van der Waals surface area contributed by atoms with E-state index in [4.69, 9.17) is 10.5 Å². The maximum atomic E-state index is 12.3. The van der Waals surface area contributed by atoms with Crippen molar-refractivity contribution in [1.29, 1.82) is 0 Å². The number of carbonyl (C=O) groups is 3. The number of benzene rings is 1. The number of hydroxylamine groups is 2. The summed E-state index contributed by atoms with van der Waals surface area (Å²) in [6.45, 7) is -0.553. The quantitative estimate of drug-likeness (QED) is 0.689. The Kier molecular flexibility index (Phi) is 8.35. The Labute approximate surface area is 147 Å². The van der Waals surface area contributed by atoms with Gasteiger partial charge in [-0.2, -0.15) is 13.2 Å². The summed E-state index contributed by atoms with van der Waals surface area (Å²) in [5, 5.41) is 2.42. The largest absolute Gasteiger partial charge is 0.493 e. The van der Waals surface area contributed by atoms with Gasteiger partial charge in [-0.15, -0.1) is 5.06 Å². The van der Waals surface area contributed by atoms with E-state index in [1.807, 2.05) is 0 Å². The number of nitrogens with one attached hydrogen (secondary N) is 1. The van der Waals surface area contributed by atoms with Gasteiger partial charge in [0.1, 0.15) is 6.61 Å². The van der Waals surface area contributed by atoms with Crippen LogP contribution in [0.1, 0.15) is 12.0 Å². The highest BCUT2D eigenvalue weighted by Gasteiger charge is 2.43. The molecular formula is C15H18F3N3O5. The van der Waals surface area contributed by atoms with E-state index in [9.17, 15) is 27.6 Å². The van der Waals surface area contributed by atoms with Crippen LogP contribution in [0.15, 0.2) is 30.3 Å². The van der Waals surface area contributed by atoms with Crippen LogP contribution in [0.2, 0.25) is 0 Å². The fourth-order valence-electron chi connectivity index (χ4n) is 1.62. The lowest BCUT2D eigenvalue weighted by molar-refractivity contribution is -0.231. The van der Waals surface area contributed by atoms with Gasteiger partial charge in [-0.3, -0.25) is 4.79 Å². The van der Waals surface area contributed by atoms with E-state index >= 15 is 0 Å². The van der Waals surface area contributed by atoms with E-state index in [2.05, 4.69) is 10.2 Å². The summed E-state index contributed by atoms with van der Waals surface area (Å²) >= 11 is 0. The first-order chi connectivity index (χ1) is 12.2. The summed E-state index contributed by atoms with van der Waals surface area (Å²) in [4.78, 5) is 38.4. The average Bonchev–Trinajstić information content (AvgIpc) is 2.61. The van der Waals surface area contributed by atoms with Crippen molar-refractivity contribution in [3.63, 3.8) is 0 Å². The number of ether oxygens (including phenoxy) is 1. The maximum absolute atomic E-state index is 12.3. The van der Waals surface area contributed by atoms with Crippen LogP contribution in [-0.4, -0.2) is 48.8 Å². The molecule has 1 aromatic rings. The highest BCUT2D eigenvalue weighted by Crippen LogP contribution is 2.18. The number of rotatable bonds is 7. The summed E-state index contributed by atoms with van der Waals surface area (Å²) in [6.07, 6.45) is -7.05. The zero-order valence-corrected chi connectivity index (χ0v) is 13.6. The molecule has 2 amide bonds. The van der Waals surface area contributed by atoms with Gasteiger partial charge < -0.3 is 20.6 Å². The normalized spacial score (nSPS) is 10.8. The van der Waals surface area contributed by atoms with Gasteiger partial charge in [-0.05, 0) is 5.56 Å². The predicted octanol–water partition coefficient (Wildman–Crippen LogP) is 1.11. The fourth-order valence-corrected chi connectivity index (χ4v) is 1.62. The molecule has 8 nitrogen and oxygen atoms in total. The molecule has 26 heavy (non-hydrogen) atoms. The Morgan fingerprint density at radius 1 is 1.15 bits per heavy atom. The highest BCUT2D eigenvalue weighted by atomic mass is 19.4. The van der Waals surface area contributed by atoms with Crippen molar-refractivity contribution in [2.45, 2.75) is 19.2 Å². The lowest BCUT2D eigenvalue weighted by atomic mass is 10.2. The number of nitrogens with two attached hydrogens (primary N) is 1. The number of alkyl halides is 3. The molecule has 11 heteroatoms. The molecule has 0 aliphatic heterocycles. The number of hydrogen-bond donors (Lipinski definition) is 2. The molecule has 0 fully saturated rings. The Morgan fingerprint density at radius 2 is 1.81 bits per heavy atom. The van der Waals surface area contributed by atoms with Gasteiger partial charge >= 0.3 is 18.2 Å². The molecule has 0 aliphatic carbocycles. The summed E-state index contributed by atoms with van der Waals surface area (Å²) in [5.41, 5.74) is 5.77. The minimum Gasteiger partial charge on any atom is -0.442 e. The zero-order valence-electron chi connectivity index (χ0n) is 13.6. The van der Waals surface area contributed by atoms with Gasteiger partial charge in [0.15, 0.2) is 0 Å². The van der Waals surface area contributed by atoms with Crippen LogP contribution in [-0.2, 0) is 25.8 Å². The molecule has 3 N–H and O–H groups in total. The highest BCUT2D eigenvalue weighted by molar-refractivity contribution is 5.79. The molecule has 0 saturated heterocycles. The minimum absolute atomic E-state index is 0.0563. The van der Waals surface area contributed by atoms with E-state index in [0.717, 1.165) is 0 Å². The molecule has 0 spiro atoms. The van der Waals surface area contributed by atoms with Gasteiger partial charge in [0.25, 0.3) is 0 Å². The monoisotopic (exact) mass is 377 g/mol. The first-order valence-corrected chi connectivity index (χ1v) is 7.48. The minimum atomic E-state index is -5.31. The third-order valence-corrected chi connectivity index (χ3v) is 2.84. The molecule has 144 valence electrons. The molecule has 0 aromatic heterocycles. The summed E-state index contributed by atoms with van der Waals surface area (Å²) in [7, 11) is 0. The average molecular weight is 377 g/mol. The lowest BCUT2D eigenvalue weighted by Crippen LogP contribution is -2.41. The Morgan fingerprint density at radius 3 is 2.38 bits per heavy atom. The second-order valence-corrected chi connectivity index (χ2v) is 4.91. The molecule has 0 radical (unpaired) electrons.